The lowest BCUT2D eigenvalue weighted by Gasteiger charge is -2.12. The van der Waals surface area contributed by atoms with Gasteiger partial charge in [-0.2, -0.15) is 0 Å². The molecule has 0 saturated heterocycles. The molecule has 0 aliphatic rings. The van der Waals surface area contributed by atoms with Gasteiger partial charge in [-0.1, -0.05) is 22.9 Å². The van der Waals surface area contributed by atoms with Crippen molar-refractivity contribution in [1.29, 1.82) is 0 Å². The number of benzene rings is 1. The molecule has 5 heteroatoms. The molecule has 0 aliphatic heterocycles. The van der Waals surface area contributed by atoms with Crippen LogP contribution >= 0.6 is 15.9 Å². The minimum atomic E-state index is -0.233. The molecule has 0 aliphatic carbocycles. The average Bonchev–Trinajstić information content (AvgIpc) is 2.42. The summed E-state index contributed by atoms with van der Waals surface area (Å²) < 4.78 is 6.12. The summed E-state index contributed by atoms with van der Waals surface area (Å²) in [6, 6.07) is 5.35. The van der Waals surface area contributed by atoms with E-state index in [-0.39, 0.29) is 18.6 Å². The topological polar surface area (TPSA) is 58.6 Å². The molecule has 0 bridgehead atoms. The van der Waals surface area contributed by atoms with Gasteiger partial charge < -0.3 is 15.2 Å². The van der Waals surface area contributed by atoms with Crippen LogP contribution in [0.4, 0.5) is 0 Å². The Balaban J connectivity index is 2.75. The highest BCUT2D eigenvalue weighted by molar-refractivity contribution is 9.10. The highest BCUT2D eigenvalue weighted by Gasteiger charge is 2.06. The molecule has 0 spiro atoms. The second-order valence-corrected chi connectivity index (χ2v) is 4.93. The standard InChI is InChI=1S/C14H18BrNO3/c1-3-12(9-17)16-14(18)7-4-10-8-11(15)5-6-13(10)19-2/h4-8,12,17H,3,9H2,1-2H3,(H,16,18)/b7-4+/t12-/m1/s1. The van der Waals surface area contributed by atoms with Crippen LogP contribution in [0.5, 0.6) is 5.75 Å². The monoisotopic (exact) mass is 327 g/mol. The summed E-state index contributed by atoms with van der Waals surface area (Å²) in [4.78, 5) is 11.7. The zero-order valence-corrected chi connectivity index (χ0v) is 12.6. The number of halogens is 1. The largest absolute Gasteiger partial charge is 0.496 e. The first-order valence-electron chi connectivity index (χ1n) is 6.03. The van der Waals surface area contributed by atoms with Gasteiger partial charge in [-0.15, -0.1) is 0 Å². The number of amides is 1. The van der Waals surface area contributed by atoms with Crippen molar-refractivity contribution >= 4 is 27.9 Å². The number of aliphatic hydroxyl groups is 1. The Morgan fingerprint density at radius 1 is 1.58 bits per heavy atom. The van der Waals surface area contributed by atoms with Crippen LogP contribution in [0.2, 0.25) is 0 Å². The summed E-state index contributed by atoms with van der Waals surface area (Å²) in [5.74, 6) is 0.462. The fraction of sp³-hybridized carbons (Fsp3) is 0.357. The number of hydrogen-bond acceptors (Lipinski definition) is 3. The van der Waals surface area contributed by atoms with Crippen molar-refractivity contribution < 1.29 is 14.6 Å². The molecule has 19 heavy (non-hydrogen) atoms. The Labute approximate surface area is 121 Å². The van der Waals surface area contributed by atoms with Crippen LogP contribution < -0.4 is 10.1 Å². The maximum Gasteiger partial charge on any atom is 0.244 e. The number of nitrogens with one attached hydrogen (secondary N) is 1. The van der Waals surface area contributed by atoms with E-state index in [0.29, 0.717) is 12.2 Å². The second-order valence-electron chi connectivity index (χ2n) is 4.02. The molecule has 1 aromatic carbocycles. The molecule has 0 unspecified atom stereocenters. The maximum absolute atomic E-state index is 11.7. The number of methoxy groups -OCH3 is 1. The van der Waals surface area contributed by atoms with E-state index in [9.17, 15) is 4.79 Å². The van der Waals surface area contributed by atoms with Gasteiger partial charge in [-0.3, -0.25) is 4.79 Å². The number of carbonyl (C=O) groups is 1. The third-order valence-electron chi connectivity index (χ3n) is 2.67. The molecule has 1 rings (SSSR count). The molecule has 0 radical (unpaired) electrons. The summed E-state index contributed by atoms with van der Waals surface area (Å²) in [5, 5.41) is 11.7. The Kier molecular flexibility index (Phi) is 6.59. The van der Waals surface area contributed by atoms with Crippen molar-refractivity contribution in [3.05, 3.63) is 34.3 Å². The van der Waals surface area contributed by atoms with E-state index in [2.05, 4.69) is 21.2 Å². The average molecular weight is 328 g/mol. The quantitative estimate of drug-likeness (QED) is 0.788. The minimum Gasteiger partial charge on any atom is -0.496 e. The number of hydrogen-bond donors (Lipinski definition) is 2. The van der Waals surface area contributed by atoms with E-state index in [0.717, 1.165) is 10.0 Å². The van der Waals surface area contributed by atoms with Gasteiger partial charge in [0.05, 0.1) is 19.8 Å². The van der Waals surface area contributed by atoms with E-state index in [1.165, 1.54) is 6.08 Å². The third kappa shape index (κ3) is 5.04. The molecular weight excluding hydrogens is 310 g/mol. The number of rotatable bonds is 6. The van der Waals surface area contributed by atoms with Crippen LogP contribution in [0, 0.1) is 0 Å². The summed E-state index contributed by atoms with van der Waals surface area (Å²) >= 11 is 3.37. The molecule has 4 nitrogen and oxygen atoms in total. The molecule has 1 atom stereocenters. The van der Waals surface area contributed by atoms with Gasteiger partial charge in [0.2, 0.25) is 5.91 Å². The summed E-state index contributed by atoms with van der Waals surface area (Å²) in [6.45, 7) is 1.85. The van der Waals surface area contributed by atoms with Crippen molar-refractivity contribution in [2.45, 2.75) is 19.4 Å². The zero-order chi connectivity index (χ0) is 14.3. The van der Waals surface area contributed by atoms with Gasteiger partial charge in [0.25, 0.3) is 0 Å². The van der Waals surface area contributed by atoms with Crippen LogP contribution in [-0.4, -0.2) is 30.8 Å². The van der Waals surface area contributed by atoms with E-state index >= 15 is 0 Å². The number of carbonyl (C=O) groups excluding carboxylic acids is 1. The van der Waals surface area contributed by atoms with Crippen molar-refractivity contribution in [1.82, 2.24) is 5.32 Å². The predicted molar refractivity (Wildman–Crippen MR) is 79.0 cm³/mol. The lowest BCUT2D eigenvalue weighted by atomic mass is 10.2. The van der Waals surface area contributed by atoms with Crippen LogP contribution in [-0.2, 0) is 4.79 Å². The highest BCUT2D eigenvalue weighted by Crippen LogP contribution is 2.23. The maximum atomic E-state index is 11.7. The smallest absolute Gasteiger partial charge is 0.244 e. The molecule has 1 amide bonds. The van der Waals surface area contributed by atoms with E-state index < -0.39 is 0 Å². The lowest BCUT2D eigenvalue weighted by molar-refractivity contribution is -0.117. The molecule has 0 fully saturated rings. The minimum absolute atomic E-state index is 0.0592. The molecule has 0 aromatic heterocycles. The van der Waals surface area contributed by atoms with Crippen LogP contribution in [0.3, 0.4) is 0 Å². The van der Waals surface area contributed by atoms with Gasteiger partial charge in [0.1, 0.15) is 5.75 Å². The van der Waals surface area contributed by atoms with E-state index in [4.69, 9.17) is 9.84 Å². The first kappa shape index (κ1) is 15.7. The van der Waals surface area contributed by atoms with Crippen molar-refractivity contribution in [3.63, 3.8) is 0 Å². The number of ether oxygens (including phenoxy) is 1. The Bertz CT molecular complexity index is 456. The van der Waals surface area contributed by atoms with E-state index in [1.54, 1.807) is 13.2 Å². The van der Waals surface area contributed by atoms with Gasteiger partial charge >= 0.3 is 0 Å². The molecule has 0 heterocycles. The normalized spacial score (nSPS) is 12.4. The fourth-order valence-corrected chi connectivity index (χ4v) is 1.91. The summed E-state index contributed by atoms with van der Waals surface area (Å²) in [6.07, 6.45) is 3.81. The highest BCUT2D eigenvalue weighted by atomic mass is 79.9. The molecule has 2 N–H and O–H groups in total. The van der Waals surface area contributed by atoms with Gasteiger partial charge in [0.15, 0.2) is 0 Å². The molecule has 104 valence electrons. The Morgan fingerprint density at radius 3 is 2.89 bits per heavy atom. The van der Waals surface area contributed by atoms with Crippen LogP contribution in [0.1, 0.15) is 18.9 Å². The first-order valence-corrected chi connectivity index (χ1v) is 6.83. The predicted octanol–water partition coefficient (Wildman–Crippen LogP) is 2.36. The molecular formula is C14H18BrNO3. The fourth-order valence-electron chi connectivity index (χ4n) is 1.53. The van der Waals surface area contributed by atoms with Crippen molar-refractivity contribution in [3.8, 4) is 5.75 Å². The molecule has 1 aromatic rings. The Hall–Kier alpha value is -1.33. The SMILES string of the molecule is CC[C@H](CO)NC(=O)/C=C/c1cc(Br)ccc1OC. The van der Waals surface area contributed by atoms with Crippen LogP contribution in [0.15, 0.2) is 28.7 Å². The molecule has 0 saturated carbocycles. The van der Waals surface area contributed by atoms with Crippen LogP contribution in [0.25, 0.3) is 6.08 Å². The second kappa shape index (κ2) is 7.96. The van der Waals surface area contributed by atoms with Gasteiger partial charge in [-0.25, -0.2) is 0 Å². The number of aliphatic hydroxyl groups excluding tert-OH is 1. The Morgan fingerprint density at radius 2 is 2.32 bits per heavy atom. The van der Waals surface area contributed by atoms with Crippen molar-refractivity contribution in [2.75, 3.05) is 13.7 Å². The van der Waals surface area contributed by atoms with Gasteiger partial charge in [-0.05, 0) is 30.7 Å². The summed E-state index contributed by atoms with van der Waals surface area (Å²) in [5.41, 5.74) is 0.809. The first-order chi connectivity index (χ1) is 9.10. The lowest BCUT2D eigenvalue weighted by Crippen LogP contribution is -2.35. The third-order valence-corrected chi connectivity index (χ3v) is 3.16. The van der Waals surface area contributed by atoms with Crippen molar-refractivity contribution in [2.24, 2.45) is 0 Å². The zero-order valence-electron chi connectivity index (χ0n) is 11.0. The summed E-state index contributed by atoms with van der Waals surface area (Å²) in [7, 11) is 1.58. The van der Waals surface area contributed by atoms with E-state index in [1.807, 2.05) is 25.1 Å². The van der Waals surface area contributed by atoms with Gasteiger partial charge in [0, 0.05) is 16.1 Å².